The Morgan fingerprint density at radius 3 is 2.02 bits per heavy atom. The van der Waals surface area contributed by atoms with Crippen molar-refractivity contribution in [3.8, 4) is 16.8 Å². The largest absolute Gasteiger partial charge is 0.456 e. The minimum absolute atomic E-state index is 0.794. The molecule has 1 aliphatic rings. The van der Waals surface area contributed by atoms with Crippen LogP contribution in [0.25, 0.3) is 71.3 Å². The van der Waals surface area contributed by atoms with E-state index in [9.17, 15) is 0 Å². The van der Waals surface area contributed by atoms with E-state index in [1.165, 1.54) is 65.9 Å². The van der Waals surface area contributed by atoms with Gasteiger partial charge < -0.3 is 19.2 Å². The first-order chi connectivity index (χ1) is 29.1. The normalized spacial score (nSPS) is 12.0. The number of furan rings is 1. The summed E-state index contributed by atoms with van der Waals surface area (Å²) in [4.78, 5) is 2.46. The molecule has 0 aliphatic carbocycles. The zero-order valence-electron chi connectivity index (χ0n) is 32.8. The van der Waals surface area contributed by atoms with Crippen molar-refractivity contribution in [2.75, 3.05) is 10.2 Å². The molecular weight excluding hydrogens is 717 g/mol. The first-order valence-electron chi connectivity index (χ1n) is 20.4. The topological polar surface area (TPSA) is 33.3 Å². The van der Waals surface area contributed by atoms with Crippen molar-refractivity contribution in [1.82, 2.24) is 4.57 Å². The van der Waals surface area contributed by atoms with Gasteiger partial charge in [0.05, 0.1) is 22.4 Å². The third-order valence-corrected chi connectivity index (χ3v) is 12.3. The number of hydrogen-bond donors (Lipinski definition) is 1. The highest BCUT2D eigenvalue weighted by Crippen LogP contribution is 2.49. The number of nitrogens with zero attached hydrogens (tertiary/aromatic N) is 2. The Morgan fingerprint density at radius 2 is 1.24 bits per heavy atom. The molecule has 0 amide bonds. The second-order valence-electron chi connectivity index (χ2n) is 16.0. The van der Waals surface area contributed by atoms with Crippen LogP contribution in [0.2, 0.25) is 0 Å². The van der Waals surface area contributed by atoms with Gasteiger partial charge in [-0.05, 0) is 102 Å². The van der Waals surface area contributed by atoms with Gasteiger partial charge in [0, 0.05) is 55.9 Å². The highest BCUT2D eigenvalue weighted by Gasteiger charge is 2.32. The second kappa shape index (κ2) is 13.0. The van der Waals surface area contributed by atoms with Gasteiger partial charge in [-0.3, -0.25) is 0 Å². The van der Waals surface area contributed by atoms with E-state index in [1.54, 1.807) is 0 Å². The van der Waals surface area contributed by atoms with E-state index in [2.05, 4.69) is 205 Å². The van der Waals surface area contributed by atoms with Crippen molar-refractivity contribution < 1.29 is 4.42 Å². The van der Waals surface area contributed by atoms with Gasteiger partial charge in [0.2, 0.25) is 0 Å². The zero-order valence-corrected chi connectivity index (χ0v) is 32.8. The number of aryl methyl sites for hydroxylation is 2. The SMILES string of the molecule is Cc1ccc(Nc2cc3oc4ccccc4c3cc2-c2cc(N(c3ccccc3)c3ccccc3)c3c4c5ccccc5ccc4n4c3c2Bc2cc(C)ccc2-4)cc1. The molecule has 0 bridgehead atoms. The standard InChI is InChI=1S/C54H38BN3O/c1-33-21-25-36(26-22-33)56-45-32-50-42(40-19-11-12-20-49(40)59-50)30-41(45)43-31-48(57(37-14-5-3-6-15-37)38-16-7-4-8-17-38)52-51-39-18-10-9-13-35(39)24-28-47(51)58-46-27-23-34(2)29-44(46)55-53(43)54(52)58/h3-32,55-56H,1-2H3. The maximum absolute atomic E-state index is 6.56. The van der Waals surface area contributed by atoms with Crippen molar-refractivity contribution in [1.29, 1.82) is 0 Å². The van der Waals surface area contributed by atoms with Gasteiger partial charge in [-0.1, -0.05) is 126 Å². The van der Waals surface area contributed by atoms with Crippen molar-refractivity contribution in [3.05, 3.63) is 193 Å². The fourth-order valence-corrected chi connectivity index (χ4v) is 9.60. The average Bonchev–Trinajstić information content (AvgIpc) is 3.82. The molecule has 0 saturated carbocycles. The van der Waals surface area contributed by atoms with E-state index in [0.717, 1.165) is 63.2 Å². The lowest BCUT2D eigenvalue weighted by atomic mass is 9.58. The fraction of sp³-hybridized carbons (Fsp3) is 0.0370. The maximum atomic E-state index is 6.56. The van der Waals surface area contributed by atoms with E-state index in [4.69, 9.17) is 4.42 Å². The molecule has 3 heterocycles. The number of anilines is 5. The Balaban J connectivity index is 1.29. The first-order valence-corrected chi connectivity index (χ1v) is 20.4. The molecule has 5 heteroatoms. The van der Waals surface area contributed by atoms with Crippen molar-refractivity contribution in [2.45, 2.75) is 13.8 Å². The van der Waals surface area contributed by atoms with E-state index in [-0.39, 0.29) is 0 Å². The smallest absolute Gasteiger partial charge is 0.198 e. The van der Waals surface area contributed by atoms with Crippen LogP contribution in [0.15, 0.2) is 186 Å². The van der Waals surface area contributed by atoms with Gasteiger partial charge in [-0.25, -0.2) is 0 Å². The van der Waals surface area contributed by atoms with Crippen molar-refractivity contribution in [3.63, 3.8) is 0 Å². The number of fused-ring (bicyclic) bond motifs is 10. The molecule has 0 saturated heterocycles. The van der Waals surface area contributed by atoms with E-state index < -0.39 is 0 Å². The van der Waals surface area contributed by atoms with Gasteiger partial charge in [0.1, 0.15) is 11.2 Å². The van der Waals surface area contributed by atoms with E-state index >= 15 is 0 Å². The molecule has 0 spiro atoms. The van der Waals surface area contributed by atoms with Gasteiger partial charge >= 0.3 is 0 Å². The van der Waals surface area contributed by atoms with Gasteiger partial charge in [-0.2, -0.15) is 0 Å². The number of aromatic nitrogens is 1. The van der Waals surface area contributed by atoms with Crippen molar-refractivity contribution >= 4 is 101 Å². The number of hydrogen-bond acceptors (Lipinski definition) is 3. The van der Waals surface area contributed by atoms with Crippen LogP contribution in [-0.4, -0.2) is 11.8 Å². The molecule has 1 aliphatic heterocycles. The Morgan fingerprint density at radius 1 is 0.542 bits per heavy atom. The fourth-order valence-electron chi connectivity index (χ4n) is 9.60. The van der Waals surface area contributed by atoms with E-state index in [0.29, 0.717) is 0 Å². The third-order valence-electron chi connectivity index (χ3n) is 12.3. The summed E-state index contributed by atoms with van der Waals surface area (Å²) in [6.45, 7) is 4.33. The monoisotopic (exact) mass is 755 g/mol. The summed E-state index contributed by atoms with van der Waals surface area (Å²) < 4.78 is 9.12. The Bertz CT molecular complexity index is 3420. The molecule has 0 radical (unpaired) electrons. The Labute approximate surface area is 342 Å². The molecule has 11 aromatic rings. The zero-order chi connectivity index (χ0) is 39.2. The van der Waals surface area contributed by atoms with Crippen LogP contribution in [0.1, 0.15) is 11.1 Å². The number of rotatable bonds is 6. The minimum atomic E-state index is 0.794. The average molecular weight is 756 g/mol. The highest BCUT2D eigenvalue weighted by atomic mass is 16.3. The van der Waals surface area contributed by atoms with Crippen molar-refractivity contribution in [2.24, 2.45) is 0 Å². The summed E-state index contributed by atoms with van der Waals surface area (Å²) in [7, 11) is 0.794. The van der Waals surface area contributed by atoms with Crippen LogP contribution in [-0.2, 0) is 0 Å². The summed E-state index contributed by atoms with van der Waals surface area (Å²) in [5.41, 5.74) is 18.2. The predicted molar refractivity (Wildman–Crippen MR) is 251 cm³/mol. The number of para-hydroxylation sites is 3. The molecule has 2 aromatic heterocycles. The quantitative estimate of drug-likeness (QED) is 0.172. The van der Waals surface area contributed by atoms with Crippen LogP contribution in [0.3, 0.4) is 0 Å². The molecule has 1 N–H and O–H groups in total. The summed E-state index contributed by atoms with van der Waals surface area (Å²) in [5.74, 6) is 0. The lowest BCUT2D eigenvalue weighted by molar-refractivity contribution is 0.669. The van der Waals surface area contributed by atoms with Crippen LogP contribution >= 0.6 is 0 Å². The molecular formula is C54H38BN3O. The molecule has 0 unspecified atom stereocenters. The Hall–Kier alpha value is -7.50. The number of benzene rings is 9. The first kappa shape index (κ1) is 33.6. The van der Waals surface area contributed by atoms with E-state index in [1.807, 2.05) is 6.07 Å². The van der Waals surface area contributed by atoms with Gasteiger partial charge in [-0.15, -0.1) is 0 Å². The van der Waals surface area contributed by atoms with Gasteiger partial charge in [0.25, 0.3) is 0 Å². The predicted octanol–water partition coefficient (Wildman–Crippen LogP) is 13.0. The highest BCUT2D eigenvalue weighted by molar-refractivity contribution is 6.74. The summed E-state index contributed by atoms with van der Waals surface area (Å²) >= 11 is 0. The lowest BCUT2D eigenvalue weighted by Crippen LogP contribution is -2.37. The molecule has 12 rings (SSSR count). The molecule has 0 fully saturated rings. The molecule has 9 aromatic carbocycles. The maximum Gasteiger partial charge on any atom is 0.198 e. The minimum Gasteiger partial charge on any atom is -0.456 e. The summed E-state index contributed by atoms with van der Waals surface area (Å²) in [5, 5.41) is 11.1. The Kier molecular flexibility index (Phi) is 7.42. The van der Waals surface area contributed by atoms with Crippen LogP contribution in [0, 0.1) is 13.8 Å². The van der Waals surface area contributed by atoms with Gasteiger partial charge in [0.15, 0.2) is 7.28 Å². The lowest BCUT2D eigenvalue weighted by Gasteiger charge is -2.30. The third kappa shape index (κ3) is 5.25. The van der Waals surface area contributed by atoms with Crippen LogP contribution in [0.4, 0.5) is 28.4 Å². The van der Waals surface area contributed by atoms with Crippen LogP contribution < -0.4 is 21.1 Å². The molecule has 59 heavy (non-hydrogen) atoms. The van der Waals surface area contributed by atoms with Crippen LogP contribution in [0.5, 0.6) is 0 Å². The molecule has 4 nitrogen and oxygen atoms in total. The summed E-state index contributed by atoms with van der Waals surface area (Å²) in [6, 6.07) is 66.2. The molecule has 0 atom stereocenters. The molecule has 278 valence electrons. The number of nitrogens with one attached hydrogen (secondary N) is 1. The summed E-state index contributed by atoms with van der Waals surface area (Å²) in [6.07, 6.45) is 0. The second-order valence-corrected chi connectivity index (χ2v) is 16.0.